The molecule has 3 rings (SSSR count). The van der Waals surface area contributed by atoms with Crippen molar-refractivity contribution in [2.24, 2.45) is 0 Å². The van der Waals surface area contributed by atoms with Crippen molar-refractivity contribution >= 4 is 21.6 Å². The Morgan fingerprint density at radius 2 is 1.96 bits per heavy atom. The van der Waals surface area contributed by atoms with E-state index >= 15 is 0 Å². The minimum atomic E-state index is -3.68. The molecular formula is C20H24N2O4S. The van der Waals surface area contributed by atoms with Crippen LogP contribution in [-0.4, -0.2) is 44.4 Å². The van der Waals surface area contributed by atoms with E-state index in [0.29, 0.717) is 25.3 Å². The van der Waals surface area contributed by atoms with Gasteiger partial charge in [-0.1, -0.05) is 18.2 Å². The molecule has 27 heavy (non-hydrogen) atoms. The number of aryl methyl sites for hydroxylation is 2. The average molecular weight is 388 g/mol. The van der Waals surface area contributed by atoms with Crippen molar-refractivity contribution in [3.05, 3.63) is 59.2 Å². The Balaban J connectivity index is 1.86. The third-order valence-corrected chi connectivity index (χ3v) is 6.66. The van der Waals surface area contributed by atoms with Gasteiger partial charge in [-0.3, -0.25) is 4.79 Å². The molecule has 0 bridgehead atoms. The number of carbonyl (C=O) groups excluding carboxylic acids is 1. The largest absolute Gasteiger partial charge is 0.378 e. The van der Waals surface area contributed by atoms with E-state index in [0.717, 1.165) is 16.8 Å². The Hall–Kier alpha value is -2.22. The monoisotopic (exact) mass is 388 g/mol. The highest BCUT2D eigenvalue weighted by atomic mass is 32.2. The van der Waals surface area contributed by atoms with Crippen LogP contribution in [-0.2, 0) is 14.8 Å². The average Bonchev–Trinajstić information content (AvgIpc) is 2.65. The molecule has 1 heterocycles. The van der Waals surface area contributed by atoms with Gasteiger partial charge < -0.3 is 10.1 Å². The predicted octanol–water partition coefficient (Wildman–Crippen LogP) is 2.97. The van der Waals surface area contributed by atoms with Crippen LogP contribution in [0.5, 0.6) is 0 Å². The van der Waals surface area contributed by atoms with Crippen molar-refractivity contribution in [3.8, 4) is 0 Å². The molecule has 1 aliphatic heterocycles. The minimum Gasteiger partial charge on any atom is -0.378 e. The van der Waals surface area contributed by atoms with E-state index in [-0.39, 0.29) is 16.8 Å². The highest BCUT2D eigenvalue weighted by molar-refractivity contribution is 7.89. The normalized spacial score (nSPS) is 18.3. The number of sulfonamides is 1. The van der Waals surface area contributed by atoms with Crippen LogP contribution in [0.25, 0.3) is 0 Å². The summed E-state index contributed by atoms with van der Waals surface area (Å²) in [6.07, 6.45) is 0. The fraction of sp³-hybridized carbons (Fsp3) is 0.350. The lowest BCUT2D eigenvalue weighted by atomic mass is 10.1. The number of anilines is 1. The van der Waals surface area contributed by atoms with Gasteiger partial charge in [-0.05, 0) is 56.2 Å². The number of carbonyl (C=O) groups is 1. The van der Waals surface area contributed by atoms with E-state index in [1.165, 1.54) is 16.4 Å². The molecule has 1 fully saturated rings. The number of hydrogen-bond donors (Lipinski definition) is 1. The third-order valence-electron chi connectivity index (χ3n) is 4.65. The number of nitrogens with zero attached hydrogens (tertiary/aromatic N) is 1. The van der Waals surface area contributed by atoms with Crippen molar-refractivity contribution in [2.75, 3.05) is 25.1 Å². The molecule has 1 N–H and O–H groups in total. The van der Waals surface area contributed by atoms with Crippen molar-refractivity contribution in [3.63, 3.8) is 0 Å². The van der Waals surface area contributed by atoms with Crippen LogP contribution >= 0.6 is 0 Å². The number of amides is 1. The van der Waals surface area contributed by atoms with Crippen LogP contribution in [0.3, 0.4) is 0 Å². The van der Waals surface area contributed by atoms with Gasteiger partial charge in [0.15, 0.2) is 0 Å². The highest BCUT2D eigenvalue weighted by Gasteiger charge is 2.31. The standard InChI is InChI=1S/C20H24N2O4S/c1-14-7-8-15(2)19(11-14)21-20(23)17-5-4-6-18(12-17)27(24,25)22-9-10-26-13-16(22)3/h4-8,11-12,16H,9-10,13H2,1-3H3,(H,21,23). The Morgan fingerprint density at radius 1 is 1.19 bits per heavy atom. The zero-order valence-electron chi connectivity index (χ0n) is 15.7. The molecule has 0 radical (unpaired) electrons. The van der Waals surface area contributed by atoms with Gasteiger partial charge in [-0.2, -0.15) is 4.31 Å². The van der Waals surface area contributed by atoms with Gasteiger partial charge in [0.05, 0.1) is 18.1 Å². The molecule has 0 spiro atoms. The molecule has 1 atom stereocenters. The number of ether oxygens (including phenoxy) is 1. The molecule has 144 valence electrons. The lowest BCUT2D eigenvalue weighted by Crippen LogP contribution is -2.46. The van der Waals surface area contributed by atoms with Gasteiger partial charge in [0.1, 0.15) is 0 Å². The van der Waals surface area contributed by atoms with Gasteiger partial charge in [0.25, 0.3) is 5.91 Å². The zero-order valence-corrected chi connectivity index (χ0v) is 16.5. The van der Waals surface area contributed by atoms with Crippen LogP contribution in [0, 0.1) is 13.8 Å². The van der Waals surface area contributed by atoms with Gasteiger partial charge in [0.2, 0.25) is 10.0 Å². The summed E-state index contributed by atoms with van der Waals surface area (Å²) in [4.78, 5) is 12.8. The van der Waals surface area contributed by atoms with Gasteiger partial charge in [-0.25, -0.2) is 8.42 Å². The summed E-state index contributed by atoms with van der Waals surface area (Å²) in [5.74, 6) is -0.337. The maximum Gasteiger partial charge on any atom is 0.255 e. The Morgan fingerprint density at radius 3 is 2.70 bits per heavy atom. The summed E-state index contributed by atoms with van der Waals surface area (Å²) in [5, 5.41) is 2.87. The van der Waals surface area contributed by atoms with Crippen molar-refractivity contribution < 1.29 is 17.9 Å². The molecule has 6 nitrogen and oxygen atoms in total. The van der Waals surface area contributed by atoms with Gasteiger partial charge in [-0.15, -0.1) is 0 Å². The fourth-order valence-electron chi connectivity index (χ4n) is 3.07. The first-order valence-electron chi connectivity index (χ1n) is 8.87. The topological polar surface area (TPSA) is 75.7 Å². The number of benzene rings is 2. The number of morpholine rings is 1. The van der Waals surface area contributed by atoms with Crippen LogP contribution in [0.15, 0.2) is 47.4 Å². The van der Waals surface area contributed by atoms with E-state index in [1.54, 1.807) is 12.1 Å². The summed E-state index contributed by atoms with van der Waals surface area (Å²) in [6.45, 7) is 6.72. The Labute approximate surface area is 160 Å². The second-order valence-corrected chi connectivity index (χ2v) is 8.73. The molecule has 0 aliphatic carbocycles. The molecular weight excluding hydrogens is 364 g/mol. The van der Waals surface area contributed by atoms with E-state index in [2.05, 4.69) is 5.32 Å². The molecule has 2 aromatic rings. The summed E-state index contributed by atoms with van der Waals surface area (Å²) in [7, 11) is -3.68. The van der Waals surface area contributed by atoms with Crippen LogP contribution in [0.2, 0.25) is 0 Å². The molecule has 1 saturated heterocycles. The van der Waals surface area contributed by atoms with E-state index < -0.39 is 10.0 Å². The van der Waals surface area contributed by atoms with Crippen LogP contribution in [0.1, 0.15) is 28.4 Å². The van der Waals surface area contributed by atoms with E-state index in [1.807, 2.05) is 39.0 Å². The van der Waals surface area contributed by atoms with Crippen LogP contribution in [0.4, 0.5) is 5.69 Å². The van der Waals surface area contributed by atoms with E-state index in [9.17, 15) is 13.2 Å². The Bertz CT molecular complexity index is 956. The zero-order chi connectivity index (χ0) is 19.6. The maximum absolute atomic E-state index is 13.0. The first-order valence-corrected chi connectivity index (χ1v) is 10.3. The van der Waals surface area contributed by atoms with Crippen molar-refractivity contribution in [2.45, 2.75) is 31.7 Å². The lowest BCUT2D eigenvalue weighted by molar-refractivity contribution is 0.0393. The summed E-state index contributed by atoms with van der Waals surface area (Å²) in [5.41, 5.74) is 3.00. The number of nitrogens with one attached hydrogen (secondary N) is 1. The molecule has 1 aliphatic rings. The Kier molecular flexibility index (Phi) is 5.64. The SMILES string of the molecule is Cc1ccc(C)c(NC(=O)c2cccc(S(=O)(=O)N3CCOCC3C)c2)c1. The number of hydrogen-bond acceptors (Lipinski definition) is 4. The molecule has 0 saturated carbocycles. The predicted molar refractivity (Wildman–Crippen MR) is 104 cm³/mol. The third kappa shape index (κ3) is 4.21. The summed E-state index contributed by atoms with van der Waals surface area (Å²) in [6, 6.07) is 11.7. The molecule has 1 amide bonds. The quantitative estimate of drug-likeness (QED) is 0.874. The molecule has 0 aromatic heterocycles. The van der Waals surface area contributed by atoms with Gasteiger partial charge >= 0.3 is 0 Å². The molecule has 2 aromatic carbocycles. The van der Waals surface area contributed by atoms with Crippen molar-refractivity contribution in [1.82, 2.24) is 4.31 Å². The first-order chi connectivity index (χ1) is 12.8. The van der Waals surface area contributed by atoms with Gasteiger partial charge in [0, 0.05) is 23.8 Å². The minimum absolute atomic E-state index is 0.116. The molecule has 1 unspecified atom stereocenters. The second kappa shape index (κ2) is 7.80. The smallest absolute Gasteiger partial charge is 0.255 e. The highest BCUT2D eigenvalue weighted by Crippen LogP contribution is 2.22. The second-order valence-electron chi connectivity index (χ2n) is 6.84. The lowest BCUT2D eigenvalue weighted by Gasteiger charge is -2.32. The maximum atomic E-state index is 13.0. The molecule has 7 heteroatoms. The fourth-order valence-corrected chi connectivity index (χ4v) is 4.71. The first kappa shape index (κ1) is 19.5. The van der Waals surface area contributed by atoms with Crippen LogP contribution < -0.4 is 5.32 Å². The summed E-state index contributed by atoms with van der Waals surface area (Å²) < 4.78 is 32.7. The van der Waals surface area contributed by atoms with Crippen molar-refractivity contribution in [1.29, 1.82) is 0 Å². The number of rotatable bonds is 4. The van der Waals surface area contributed by atoms with E-state index in [4.69, 9.17) is 4.74 Å². The summed E-state index contributed by atoms with van der Waals surface area (Å²) >= 11 is 0.